The topological polar surface area (TPSA) is 49.7 Å². The minimum atomic E-state index is 0.205. The van der Waals surface area contributed by atoms with Crippen LogP contribution in [0.25, 0.3) is 11.3 Å². The Morgan fingerprint density at radius 3 is 2.25 bits per heavy atom. The van der Waals surface area contributed by atoms with Crippen LogP contribution in [-0.2, 0) is 0 Å². The number of phenolic OH excluding ortho intramolecular Hbond substituents is 1. The first kappa shape index (κ1) is 14.0. The molecule has 1 heterocycles. The summed E-state index contributed by atoms with van der Waals surface area (Å²) in [7, 11) is 0. The summed E-state index contributed by atoms with van der Waals surface area (Å²) in [5.74, 6) is 1.14. The summed E-state index contributed by atoms with van der Waals surface area (Å²) in [6.07, 6.45) is 0. The molecule has 0 saturated heterocycles. The van der Waals surface area contributed by atoms with Gasteiger partial charge in [-0.05, 0) is 29.8 Å². The summed E-state index contributed by atoms with van der Waals surface area (Å²) in [4.78, 5) is 0. The molecule has 20 heavy (non-hydrogen) atoms. The quantitative estimate of drug-likeness (QED) is 0.815. The molecule has 0 amide bonds. The molecule has 1 aliphatic rings. The molecule has 3 heteroatoms. The van der Waals surface area contributed by atoms with E-state index in [2.05, 4.69) is 0 Å². The average molecular weight is 270 g/mol. The highest BCUT2D eigenvalue weighted by Gasteiger charge is 2.20. The maximum absolute atomic E-state index is 10.3. The molecule has 3 rings (SSSR count). The number of phenols is 1. The molecule has 0 fully saturated rings. The Morgan fingerprint density at radius 1 is 0.900 bits per heavy atom. The lowest BCUT2D eigenvalue weighted by atomic mass is 9.99. The van der Waals surface area contributed by atoms with Gasteiger partial charge in [0, 0.05) is 5.57 Å². The first-order valence-corrected chi connectivity index (χ1v) is 6.69. The predicted molar refractivity (Wildman–Crippen MR) is 80.8 cm³/mol. The summed E-state index contributed by atoms with van der Waals surface area (Å²) in [6, 6.07) is 14.1. The van der Waals surface area contributed by atoms with Crippen molar-refractivity contribution in [3.63, 3.8) is 0 Å². The van der Waals surface area contributed by atoms with E-state index in [0.29, 0.717) is 17.9 Å². The number of hydrogen-bond acceptors (Lipinski definition) is 3. The number of aliphatic hydroxyl groups is 1. The SMILES string of the molecule is CC.OC1=C(c2ccc(O)cc2)COc2ccccc21. The van der Waals surface area contributed by atoms with Crippen molar-refractivity contribution >= 4 is 11.3 Å². The van der Waals surface area contributed by atoms with Gasteiger partial charge in [0.05, 0.1) is 5.56 Å². The lowest BCUT2D eigenvalue weighted by molar-refractivity contribution is 0.354. The highest BCUT2D eigenvalue weighted by Crippen LogP contribution is 2.35. The standard InChI is InChI=1S/C15H12O3.C2H6/c16-11-7-5-10(6-8-11)13-9-18-14-4-2-1-3-12(14)15(13)17;1-2/h1-8,16-17H,9H2;1-2H3. The van der Waals surface area contributed by atoms with Crippen molar-refractivity contribution < 1.29 is 14.9 Å². The van der Waals surface area contributed by atoms with Crippen molar-refractivity contribution in [1.29, 1.82) is 0 Å². The summed E-state index contributed by atoms with van der Waals surface area (Å²) in [5, 5.41) is 19.5. The molecule has 2 N–H and O–H groups in total. The lowest BCUT2D eigenvalue weighted by Crippen LogP contribution is -2.10. The van der Waals surface area contributed by atoms with Gasteiger partial charge < -0.3 is 14.9 Å². The second-order valence-electron chi connectivity index (χ2n) is 4.16. The van der Waals surface area contributed by atoms with Gasteiger partial charge in [-0.2, -0.15) is 0 Å². The molecule has 3 nitrogen and oxygen atoms in total. The zero-order valence-corrected chi connectivity index (χ0v) is 11.6. The number of benzene rings is 2. The van der Waals surface area contributed by atoms with Gasteiger partial charge in [0.1, 0.15) is 23.9 Å². The van der Waals surface area contributed by atoms with Gasteiger partial charge in [-0.25, -0.2) is 0 Å². The molecule has 0 bridgehead atoms. The normalized spacial score (nSPS) is 12.9. The first-order valence-electron chi connectivity index (χ1n) is 6.69. The van der Waals surface area contributed by atoms with Crippen molar-refractivity contribution in [2.45, 2.75) is 13.8 Å². The fraction of sp³-hybridized carbons (Fsp3) is 0.176. The molecule has 0 spiro atoms. The van der Waals surface area contributed by atoms with E-state index in [1.54, 1.807) is 24.3 Å². The van der Waals surface area contributed by atoms with E-state index in [1.807, 2.05) is 38.1 Å². The lowest BCUT2D eigenvalue weighted by Gasteiger charge is -2.20. The third-order valence-electron chi connectivity index (χ3n) is 3.02. The van der Waals surface area contributed by atoms with Gasteiger partial charge >= 0.3 is 0 Å². The monoisotopic (exact) mass is 270 g/mol. The van der Waals surface area contributed by atoms with Crippen LogP contribution in [0.15, 0.2) is 48.5 Å². The summed E-state index contributed by atoms with van der Waals surface area (Å²) < 4.78 is 5.61. The van der Waals surface area contributed by atoms with Crippen LogP contribution in [0.3, 0.4) is 0 Å². The van der Waals surface area contributed by atoms with Crippen molar-refractivity contribution in [3.8, 4) is 11.5 Å². The predicted octanol–water partition coefficient (Wildman–Crippen LogP) is 4.24. The van der Waals surface area contributed by atoms with E-state index >= 15 is 0 Å². The van der Waals surface area contributed by atoms with Gasteiger partial charge in [-0.3, -0.25) is 0 Å². The molecule has 0 aromatic heterocycles. The van der Waals surface area contributed by atoms with Crippen LogP contribution < -0.4 is 4.74 Å². The van der Waals surface area contributed by atoms with Crippen LogP contribution in [0, 0.1) is 0 Å². The van der Waals surface area contributed by atoms with Crippen LogP contribution in [0.5, 0.6) is 11.5 Å². The number of aromatic hydroxyl groups is 1. The average Bonchev–Trinajstić information content (AvgIpc) is 2.51. The fourth-order valence-electron chi connectivity index (χ4n) is 2.05. The highest BCUT2D eigenvalue weighted by molar-refractivity contribution is 5.90. The third-order valence-corrected chi connectivity index (χ3v) is 3.02. The van der Waals surface area contributed by atoms with Gasteiger partial charge in [-0.1, -0.05) is 38.1 Å². The molecule has 0 atom stereocenters. The molecule has 0 unspecified atom stereocenters. The molecule has 0 aliphatic carbocycles. The Labute approximate surface area is 118 Å². The minimum Gasteiger partial charge on any atom is -0.508 e. The molecule has 2 aromatic carbocycles. The minimum absolute atomic E-state index is 0.205. The van der Waals surface area contributed by atoms with E-state index in [0.717, 1.165) is 11.1 Å². The number of para-hydroxylation sites is 1. The molecule has 0 radical (unpaired) electrons. The van der Waals surface area contributed by atoms with Gasteiger partial charge in [0.2, 0.25) is 0 Å². The summed E-state index contributed by atoms with van der Waals surface area (Å²) in [6.45, 7) is 4.33. The van der Waals surface area contributed by atoms with E-state index in [1.165, 1.54) is 0 Å². The fourth-order valence-corrected chi connectivity index (χ4v) is 2.05. The third kappa shape index (κ3) is 2.62. The van der Waals surface area contributed by atoms with Crippen LogP contribution >= 0.6 is 0 Å². The van der Waals surface area contributed by atoms with E-state index in [4.69, 9.17) is 4.74 Å². The smallest absolute Gasteiger partial charge is 0.133 e. The summed E-state index contributed by atoms with van der Waals surface area (Å²) >= 11 is 0. The van der Waals surface area contributed by atoms with Crippen molar-refractivity contribution in [1.82, 2.24) is 0 Å². The Balaban J connectivity index is 0.000000704. The maximum atomic E-state index is 10.3. The van der Waals surface area contributed by atoms with Crippen molar-refractivity contribution in [2.24, 2.45) is 0 Å². The molecule has 2 aromatic rings. The second kappa shape index (κ2) is 6.15. The zero-order chi connectivity index (χ0) is 14.5. The number of fused-ring (bicyclic) bond motifs is 1. The van der Waals surface area contributed by atoms with Gasteiger partial charge in [0.15, 0.2) is 0 Å². The highest BCUT2D eigenvalue weighted by atomic mass is 16.5. The van der Waals surface area contributed by atoms with E-state index in [-0.39, 0.29) is 11.5 Å². The van der Waals surface area contributed by atoms with Crippen LogP contribution in [-0.4, -0.2) is 16.8 Å². The maximum Gasteiger partial charge on any atom is 0.133 e. The number of hydrogen-bond donors (Lipinski definition) is 2. The van der Waals surface area contributed by atoms with Crippen molar-refractivity contribution in [2.75, 3.05) is 6.61 Å². The van der Waals surface area contributed by atoms with Crippen LogP contribution in [0.2, 0.25) is 0 Å². The van der Waals surface area contributed by atoms with E-state index in [9.17, 15) is 10.2 Å². The molecular formula is C17H18O3. The Hall–Kier alpha value is -2.42. The molecule has 104 valence electrons. The molecule has 1 aliphatic heterocycles. The first-order chi connectivity index (χ1) is 9.75. The molecule has 0 saturated carbocycles. The number of aliphatic hydroxyl groups excluding tert-OH is 1. The Bertz CT molecular complexity index is 612. The van der Waals surface area contributed by atoms with Crippen LogP contribution in [0.4, 0.5) is 0 Å². The van der Waals surface area contributed by atoms with Crippen molar-refractivity contribution in [3.05, 3.63) is 59.7 Å². The largest absolute Gasteiger partial charge is 0.508 e. The van der Waals surface area contributed by atoms with Crippen LogP contribution in [0.1, 0.15) is 25.0 Å². The second-order valence-corrected chi connectivity index (χ2v) is 4.16. The Morgan fingerprint density at radius 2 is 1.55 bits per heavy atom. The zero-order valence-electron chi connectivity index (χ0n) is 11.6. The number of rotatable bonds is 1. The molecular weight excluding hydrogens is 252 g/mol. The summed E-state index contributed by atoms with van der Waals surface area (Å²) in [5.41, 5.74) is 2.28. The Kier molecular flexibility index (Phi) is 4.31. The van der Waals surface area contributed by atoms with Gasteiger partial charge in [-0.15, -0.1) is 0 Å². The number of ether oxygens (including phenoxy) is 1. The van der Waals surface area contributed by atoms with Gasteiger partial charge in [0.25, 0.3) is 0 Å². The van der Waals surface area contributed by atoms with E-state index < -0.39 is 0 Å².